The number of nitrogens with one attached hydrogen (secondary N) is 1. The smallest absolute Gasteiger partial charge is 0.275 e. The predicted octanol–water partition coefficient (Wildman–Crippen LogP) is 3.33. The molecule has 1 N–H and O–H groups in total. The minimum atomic E-state index is -0.243. The average Bonchev–Trinajstić information content (AvgIpc) is 2.41. The fraction of sp³-hybridized carbons (Fsp3) is 0.312. The van der Waals surface area contributed by atoms with E-state index < -0.39 is 0 Å². The molecule has 0 unspecified atom stereocenters. The number of anilines is 1. The summed E-state index contributed by atoms with van der Waals surface area (Å²) in [6.07, 6.45) is 4.51. The van der Waals surface area contributed by atoms with Crippen molar-refractivity contribution in [3.8, 4) is 0 Å². The molecule has 1 heterocycles. The van der Waals surface area contributed by atoms with E-state index >= 15 is 0 Å². The Hall–Kier alpha value is -2.23. The van der Waals surface area contributed by atoms with Crippen molar-refractivity contribution in [3.63, 3.8) is 0 Å². The highest BCUT2D eigenvalue weighted by Crippen LogP contribution is 2.27. The van der Waals surface area contributed by atoms with Crippen LogP contribution in [0.15, 0.2) is 36.8 Å². The van der Waals surface area contributed by atoms with Gasteiger partial charge in [-0.3, -0.25) is 9.78 Å². The molecule has 1 aromatic carbocycles. The molecule has 0 bridgehead atoms. The molecule has 0 atom stereocenters. The molecule has 0 radical (unpaired) electrons. The number of carbonyl (C=O) groups excluding carboxylic acids is 1. The van der Waals surface area contributed by atoms with Gasteiger partial charge in [-0.15, -0.1) is 0 Å². The van der Waals surface area contributed by atoms with Gasteiger partial charge in [0.05, 0.1) is 6.20 Å². The van der Waals surface area contributed by atoms with Crippen LogP contribution < -0.4 is 5.32 Å². The van der Waals surface area contributed by atoms with E-state index in [9.17, 15) is 4.79 Å². The largest absolute Gasteiger partial charge is 0.320 e. The summed E-state index contributed by atoms with van der Waals surface area (Å²) in [7, 11) is 0. The summed E-state index contributed by atoms with van der Waals surface area (Å²) in [5, 5.41) is 2.90. The third-order valence-corrected chi connectivity index (χ3v) is 3.15. The number of rotatable bonds is 2. The number of hydrogen-bond donors (Lipinski definition) is 1. The van der Waals surface area contributed by atoms with E-state index in [0.29, 0.717) is 5.69 Å². The third kappa shape index (κ3) is 3.20. The summed E-state index contributed by atoms with van der Waals surface area (Å²) in [5.74, 6) is -0.243. The van der Waals surface area contributed by atoms with Crippen molar-refractivity contribution >= 4 is 11.6 Å². The number of amides is 1. The summed E-state index contributed by atoms with van der Waals surface area (Å²) < 4.78 is 0. The molecule has 1 aromatic heterocycles. The average molecular weight is 269 g/mol. The van der Waals surface area contributed by atoms with Crippen molar-refractivity contribution in [2.45, 2.75) is 33.1 Å². The molecule has 0 saturated heterocycles. The summed E-state index contributed by atoms with van der Waals surface area (Å²) in [6.45, 7) is 8.41. The Kier molecular flexibility index (Phi) is 3.84. The van der Waals surface area contributed by atoms with Crippen LogP contribution >= 0.6 is 0 Å². The van der Waals surface area contributed by atoms with E-state index in [2.05, 4.69) is 42.1 Å². The first-order valence-electron chi connectivity index (χ1n) is 6.56. The van der Waals surface area contributed by atoms with Gasteiger partial charge in [0.2, 0.25) is 0 Å². The third-order valence-electron chi connectivity index (χ3n) is 3.15. The van der Waals surface area contributed by atoms with Crippen LogP contribution in [-0.4, -0.2) is 15.9 Å². The van der Waals surface area contributed by atoms with Crippen molar-refractivity contribution in [1.29, 1.82) is 0 Å². The Bertz CT molecular complexity index is 615. The van der Waals surface area contributed by atoms with E-state index in [1.54, 1.807) is 6.20 Å². The standard InChI is InChI=1S/C16H19N3O/c1-11-5-6-12(16(2,3)4)9-13(11)19-15(20)14-10-17-7-8-18-14/h5-10H,1-4H3,(H,19,20). The first kappa shape index (κ1) is 14.2. The molecule has 0 aliphatic heterocycles. The zero-order chi connectivity index (χ0) is 14.8. The SMILES string of the molecule is Cc1ccc(C(C)(C)C)cc1NC(=O)c1cnccn1. The molecule has 0 aliphatic carbocycles. The van der Waals surface area contributed by atoms with Gasteiger partial charge in [-0.1, -0.05) is 32.9 Å². The maximum Gasteiger partial charge on any atom is 0.275 e. The van der Waals surface area contributed by atoms with Gasteiger partial charge in [0.1, 0.15) is 5.69 Å². The molecule has 0 fully saturated rings. The monoisotopic (exact) mass is 269 g/mol. The Labute approximate surface area is 119 Å². The maximum atomic E-state index is 12.1. The number of hydrogen-bond acceptors (Lipinski definition) is 3. The lowest BCUT2D eigenvalue weighted by Gasteiger charge is -2.21. The lowest BCUT2D eigenvalue weighted by atomic mass is 9.86. The lowest BCUT2D eigenvalue weighted by Crippen LogP contribution is -2.16. The van der Waals surface area contributed by atoms with Gasteiger partial charge in [0.15, 0.2) is 0 Å². The van der Waals surface area contributed by atoms with Gasteiger partial charge in [-0.05, 0) is 29.5 Å². The van der Waals surface area contributed by atoms with Crippen LogP contribution in [0.5, 0.6) is 0 Å². The molecule has 104 valence electrons. The Morgan fingerprint density at radius 2 is 1.95 bits per heavy atom. The fourth-order valence-electron chi connectivity index (χ4n) is 1.83. The van der Waals surface area contributed by atoms with Gasteiger partial charge in [0.25, 0.3) is 5.91 Å². The van der Waals surface area contributed by atoms with E-state index in [4.69, 9.17) is 0 Å². The number of benzene rings is 1. The number of aryl methyl sites for hydroxylation is 1. The Morgan fingerprint density at radius 3 is 2.55 bits per heavy atom. The maximum absolute atomic E-state index is 12.1. The molecule has 2 rings (SSSR count). The molecule has 0 aliphatic rings. The van der Waals surface area contributed by atoms with Crippen molar-refractivity contribution in [2.75, 3.05) is 5.32 Å². The Balaban J connectivity index is 2.27. The molecule has 0 saturated carbocycles. The van der Waals surface area contributed by atoms with Gasteiger partial charge >= 0.3 is 0 Å². The van der Waals surface area contributed by atoms with Gasteiger partial charge in [0, 0.05) is 18.1 Å². The Morgan fingerprint density at radius 1 is 1.20 bits per heavy atom. The first-order chi connectivity index (χ1) is 9.38. The summed E-state index contributed by atoms with van der Waals surface area (Å²) in [6, 6.07) is 6.13. The van der Waals surface area contributed by atoms with Gasteiger partial charge in [-0.25, -0.2) is 4.98 Å². The lowest BCUT2D eigenvalue weighted by molar-refractivity contribution is 0.102. The quantitative estimate of drug-likeness (QED) is 0.909. The number of carbonyl (C=O) groups is 1. The van der Waals surface area contributed by atoms with Crippen molar-refractivity contribution in [2.24, 2.45) is 0 Å². The van der Waals surface area contributed by atoms with Crippen molar-refractivity contribution < 1.29 is 4.79 Å². The van der Waals surface area contributed by atoms with E-state index in [1.165, 1.54) is 18.0 Å². The van der Waals surface area contributed by atoms with Crippen LogP contribution in [0, 0.1) is 6.92 Å². The molecule has 1 amide bonds. The van der Waals surface area contributed by atoms with Crippen molar-refractivity contribution in [3.05, 3.63) is 53.6 Å². The zero-order valence-electron chi connectivity index (χ0n) is 12.3. The molecule has 4 nitrogen and oxygen atoms in total. The minimum absolute atomic E-state index is 0.0414. The second-order valence-electron chi connectivity index (χ2n) is 5.82. The highest BCUT2D eigenvalue weighted by Gasteiger charge is 2.16. The highest BCUT2D eigenvalue weighted by atomic mass is 16.1. The van der Waals surface area contributed by atoms with Gasteiger partial charge in [-0.2, -0.15) is 0 Å². The van der Waals surface area contributed by atoms with Crippen LogP contribution in [0.3, 0.4) is 0 Å². The molecule has 20 heavy (non-hydrogen) atoms. The fourth-order valence-corrected chi connectivity index (χ4v) is 1.83. The van der Waals surface area contributed by atoms with Crippen LogP contribution in [0.4, 0.5) is 5.69 Å². The number of nitrogens with zero attached hydrogens (tertiary/aromatic N) is 2. The second kappa shape index (κ2) is 5.41. The highest BCUT2D eigenvalue weighted by molar-refractivity contribution is 6.03. The van der Waals surface area contributed by atoms with E-state index in [0.717, 1.165) is 11.3 Å². The molecule has 4 heteroatoms. The minimum Gasteiger partial charge on any atom is -0.320 e. The second-order valence-corrected chi connectivity index (χ2v) is 5.82. The predicted molar refractivity (Wildman–Crippen MR) is 79.9 cm³/mol. The summed E-state index contributed by atoms with van der Waals surface area (Å²) in [5.41, 5.74) is 3.37. The summed E-state index contributed by atoms with van der Waals surface area (Å²) in [4.78, 5) is 20.0. The number of aromatic nitrogens is 2. The molecule has 0 spiro atoms. The van der Waals surface area contributed by atoms with Crippen LogP contribution in [0.2, 0.25) is 0 Å². The van der Waals surface area contributed by atoms with Crippen LogP contribution in [0.1, 0.15) is 42.4 Å². The molecule has 2 aromatic rings. The van der Waals surface area contributed by atoms with E-state index in [-0.39, 0.29) is 11.3 Å². The molecular weight excluding hydrogens is 250 g/mol. The first-order valence-corrected chi connectivity index (χ1v) is 6.56. The summed E-state index contributed by atoms with van der Waals surface area (Å²) >= 11 is 0. The zero-order valence-corrected chi connectivity index (χ0v) is 12.3. The van der Waals surface area contributed by atoms with Gasteiger partial charge < -0.3 is 5.32 Å². The van der Waals surface area contributed by atoms with E-state index in [1.807, 2.05) is 19.1 Å². The van der Waals surface area contributed by atoms with Crippen LogP contribution in [0.25, 0.3) is 0 Å². The van der Waals surface area contributed by atoms with Crippen molar-refractivity contribution in [1.82, 2.24) is 9.97 Å². The molecular formula is C16H19N3O. The normalized spacial score (nSPS) is 11.2. The van der Waals surface area contributed by atoms with Crippen LogP contribution in [-0.2, 0) is 5.41 Å². The topological polar surface area (TPSA) is 54.9 Å².